The standard InChI is InChI=1S/C17H28N4O2/c1-3-15(21-16(22)14(18)12-19-4-2)17(23)20-13-10-8-6-5-7-9-11-13/h1,4,13-15,19H,2,5-12,18H2,(H,20,23)(H,21,22)/t14-,15-/m0/s1. The van der Waals surface area contributed by atoms with E-state index in [1.54, 1.807) is 0 Å². The van der Waals surface area contributed by atoms with Crippen LogP contribution in [0.1, 0.15) is 44.9 Å². The summed E-state index contributed by atoms with van der Waals surface area (Å²) in [5, 5.41) is 8.22. The highest BCUT2D eigenvalue weighted by Gasteiger charge is 2.24. The number of terminal acetylenes is 1. The van der Waals surface area contributed by atoms with Gasteiger partial charge in [-0.1, -0.05) is 44.6 Å². The molecule has 0 unspecified atom stereocenters. The van der Waals surface area contributed by atoms with Crippen LogP contribution in [0.15, 0.2) is 12.8 Å². The van der Waals surface area contributed by atoms with Crippen molar-refractivity contribution in [2.75, 3.05) is 6.54 Å². The van der Waals surface area contributed by atoms with Gasteiger partial charge in [0.25, 0.3) is 5.91 Å². The zero-order valence-corrected chi connectivity index (χ0v) is 13.6. The third kappa shape index (κ3) is 7.20. The normalized spacial score (nSPS) is 18.4. The average molecular weight is 320 g/mol. The first-order valence-corrected chi connectivity index (χ1v) is 8.25. The molecule has 2 atom stereocenters. The second-order valence-electron chi connectivity index (χ2n) is 5.88. The molecule has 0 aliphatic heterocycles. The SMILES string of the molecule is C#C[C@H](NC(=O)[C@@H](N)CNC=C)C(=O)NC1CCCCCCC1. The average Bonchev–Trinajstić information content (AvgIpc) is 2.52. The smallest absolute Gasteiger partial charge is 0.255 e. The Morgan fingerprint density at radius 1 is 1.22 bits per heavy atom. The summed E-state index contributed by atoms with van der Waals surface area (Å²) in [5.41, 5.74) is 5.71. The Morgan fingerprint density at radius 3 is 2.39 bits per heavy atom. The maximum absolute atomic E-state index is 12.3. The minimum absolute atomic E-state index is 0.131. The van der Waals surface area contributed by atoms with Crippen molar-refractivity contribution in [1.29, 1.82) is 0 Å². The summed E-state index contributed by atoms with van der Waals surface area (Å²) in [6.07, 6.45) is 14.6. The van der Waals surface area contributed by atoms with E-state index in [9.17, 15) is 9.59 Å². The van der Waals surface area contributed by atoms with Gasteiger partial charge in [0, 0.05) is 12.6 Å². The third-order valence-corrected chi connectivity index (χ3v) is 3.99. The minimum atomic E-state index is -0.997. The number of hydrogen-bond donors (Lipinski definition) is 4. The van der Waals surface area contributed by atoms with Crippen molar-refractivity contribution < 1.29 is 9.59 Å². The molecule has 1 rings (SSSR count). The first-order valence-electron chi connectivity index (χ1n) is 8.25. The van der Waals surface area contributed by atoms with Crippen molar-refractivity contribution in [2.45, 2.75) is 63.1 Å². The zero-order chi connectivity index (χ0) is 17.1. The van der Waals surface area contributed by atoms with E-state index in [0.29, 0.717) is 0 Å². The van der Waals surface area contributed by atoms with Crippen LogP contribution in [0.3, 0.4) is 0 Å². The first kappa shape index (κ1) is 19.0. The summed E-state index contributed by atoms with van der Waals surface area (Å²) < 4.78 is 0. The highest BCUT2D eigenvalue weighted by Crippen LogP contribution is 2.17. The summed E-state index contributed by atoms with van der Waals surface area (Å²) in [4.78, 5) is 24.2. The first-order chi connectivity index (χ1) is 11.1. The number of nitrogens with one attached hydrogen (secondary N) is 3. The molecule has 0 heterocycles. The van der Waals surface area contributed by atoms with Gasteiger partial charge in [-0.3, -0.25) is 9.59 Å². The lowest BCUT2D eigenvalue weighted by Crippen LogP contribution is -2.54. The molecule has 1 fully saturated rings. The monoisotopic (exact) mass is 320 g/mol. The van der Waals surface area contributed by atoms with Crippen LogP contribution in [-0.4, -0.2) is 36.5 Å². The van der Waals surface area contributed by atoms with Gasteiger partial charge in [0.1, 0.15) is 6.04 Å². The van der Waals surface area contributed by atoms with Crippen LogP contribution in [0.25, 0.3) is 0 Å². The molecule has 5 N–H and O–H groups in total. The second kappa shape index (κ2) is 10.7. The largest absolute Gasteiger partial charge is 0.389 e. The summed E-state index contributed by atoms with van der Waals surface area (Å²) in [6, 6.07) is -1.66. The van der Waals surface area contributed by atoms with Crippen molar-refractivity contribution >= 4 is 11.8 Å². The van der Waals surface area contributed by atoms with Crippen LogP contribution in [-0.2, 0) is 9.59 Å². The van der Waals surface area contributed by atoms with Gasteiger partial charge in [0.15, 0.2) is 6.04 Å². The fourth-order valence-corrected chi connectivity index (χ4v) is 2.62. The lowest BCUT2D eigenvalue weighted by Gasteiger charge is -2.23. The Morgan fingerprint density at radius 2 is 1.83 bits per heavy atom. The van der Waals surface area contributed by atoms with Gasteiger partial charge < -0.3 is 21.7 Å². The number of hydrogen-bond acceptors (Lipinski definition) is 4. The summed E-state index contributed by atoms with van der Waals surface area (Å²) in [7, 11) is 0. The Balaban J connectivity index is 2.48. The molecule has 6 nitrogen and oxygen atoms in total. The van der Waals surface area contributed by atoms with Crippen molar-refractivity contribution in [2.24, 2.45) is 5.73 Å². The fraction of sp³-hybridized carbons (Fsp3) is 0.647. The van der Waals surface area contributed by atoms with E-state index in [-0.39, 0.29) is 18.5 Å². The van der Waals surface area contributed by atoms with Crippen LogP contribution < -0.4 is 21.7 Å². The predicted molar refractivity (Wildman–Crippen MR) is 91.2 cm³/mol. The van der Waals surface area contributed by atoms with E-state index >= 15 is 0 Å². The molecule has 2 amide bonds. The van der Waals surface area contributed by atoms with Gasteiger partial charge in [0.2, 0.25) is 5.91 Å². The van der Waals surface area contributed by atoms with Gasteiger partial charge >= 0.3 is 0 Å². The predicted octanol–water partition coefficient (Wildman–Crippen LogP) is 0.394. The number of carbonyl (C=O) groups excluding carboxylic acids is 2. The summed E-state index contributed by atoms with van der Waals surface area (Å²) in [6.45, 7) is 3.71. The molecule has 0 bridgehead atoms. The van der Waals surface area contributed by atoms with E-state index in [1.165, 1.54) is 25.5 Å². The molecule has 1 aliphatic rings. The quantitative estimate of drug-likeness (QED) is 0.510. The molecule has 0 aromatic heterocycles. The molecule has 0 radical (unpaired) electrons. The van der Waals surface area contributed by atoms with Gasteiger partial charge in [-0.15, -0.1) is 6.42 Å². The topological polar surface area (TPSA) is 96.2 Å². The zero-order valence-electron chi connectivity index (χ0n) is 13.6. The number of amides is 2. The molecule has 0 spiro atoms. The van der Waals surface area contributed by atoms with Crippen LogP contribution in [0.2, 0.25) is 0 Å². The molecule has 1 saturated carbocycles. The van der Waals surface area contributed by atoms with Gasteiger partial charge in [-0.25, -0.2) is 0 Å². The summed E-state index contributed by atoms with van der Waals surface area (Å²) in [5.74, 6) is 1.52. The van der Waals surface area contributed by atoms with E-state index < -0.39 is 18.0 Å². The fourth-order valence-electron chi connectivity index (χ4n) is 2.62. The number of nitrogens with two attached hydrogens (primary N) is 1. The molecular formula is C17H28N4O2. The molecule has 128 valence electrons. The Labute approximate surface area is 138 Å². The maximum atomic E-state index is 12.3. The van der Waals surface area contributed by atoms with Crippen molar-refractivity contribution in [3.63, 3.8) is 0 Å². The Kier molecular flexibility index (Phi) is 8.85. The molecule has 0 aromatic carbocycles. The molecular weight excluding hydrogens is 292 g/mol. The van der Waals surface area contributed by atoms with Crippen molar-refractivity contribution in [3.05, 3.63) is 12.8 Å². The van der Waals surface area contributed by atoms with Gasteiger partial charge in [-0.2, -0.15) is 0 Å². The van der Waals surface area contributed by atoms with Crippen LogP contribution >= 0.6 is 0 Å². The van der Waals surface area contributed by atoms with Crippen LogP contribution in [0.4, 0.5) is 0 Å². The molecule has 0 aromatic rings. The second-order valence-corrected chi connectivity index (χ2v) is 5.88. The lowest BCUT2D eigenvalue weighted by molar-refractivity contribution is -0.128. The van der Waals surface area contributed by atoms with Gasteiger partial charge in [-0.05, 0) is 19.0 Å². The lowest BCUT2D eigenvalue weighted by atomic mass is 9.96. The van der Waals surface area contributed by atoms with Crippen LogP contribution in [0.5, 0.6) is 0 Å². The highest BCUT2D eigenvalue weighted by atomic mass is 16.2. The van der Waals surface area contributed by atoms with Crippen molar-refractivity contribution in [3.8, 4) is 12.3 Å². The summed E-state index contributed by atoms with van der Waals surface area (Å²) >= 11 is 0. The third-order valence-electron chi connectivity index (χ3n) is 3.99. The van der Waals surface area contributed by atoms with Gasteiger partial charge in [0.05, 0.1) is 0 Å². The van der Waals surface area contributed by atoms with E-state index in [2.05, 4.69) is 28.4 Å². The molecule has 6 heteroatoms. The minimum Gasteiger partial charge on any atom is -0.389 e. The van der Waals surface area contributed by atoms with E-state index in [1.807, 2.05) is 0 Å². The van der Waals surface area contributed by atoms with Crippen molar-refractivity contribution in [1.82, 2.24) is 16.0 Å². The molecule has 23 heavy (non-hydrogen) atoms. The van der Waals surface area contributed by atoms with E-state index in [4.69, 9.17) is 12.2 Å². The maximum Gasteiger partial charge on any atom is 0.255 e. The van der Waals surface area contributed by atoms with E-state index in [0.717, 1.165) is 25.7 Å². The highest BCUT2D eigenvalue weighted by molar-refractivity contribution is 5.92. The number of carbonyl (C=O) groups is 2. The molecule has 0 saturated heterocycles. The molecule has 1 aliphatic carbocycles. The number of rotatable bonds is 7. The van der Waals surface area contributed by atoms with Crippen LogP contribution in [0, 0.1) is 12.3 Å². The Bertz CT molecular complexity index is 436. The Hall–Kier alpha value is -2.00.